The number of carbonyl (C=O) groups is 1. The van der Waals surface area contributed by atoms with Gasteiger partial charge in [-0.25, -0.2) is 0 Å². The van der Waals surface area contributed by atoms with Crippen LogP contribution in [-0.2, 0) is 0 Å². The van der Waals surface area contributed by atoms with Crippen LogP contribution < -0.4 is 5.56 Å². The molecule has 0 atom stereocenters. The van der Waals surface area contributed by atoms with Crippen LogP contribution in [0, 0.1) is 0 Å². The van der Waals surface area contributed by atoms with E-state index >= 15 is 0 Å². The molecule has 0 radical (unpaired) electrons. The zero-order chi connectivity index (χ0) is 15.0. The van der Waals surface area contributed by atoms with Crippen LogP contribution in [0.1, 0.15) is 15.9 Å². The minimum atomic E-state index is -0.629. The van der Waals surface area contributed by atoms with E-state index in [4.69, 9.17) is 11.6 Å². The van der Waals surface area contributed by atoms with Gasteiger partial charge >= 0.3 is 0 Å². The van der Waals surface area contributed by atoms with Gasteiger partial charge in [0.05, 0.1) is 5.52 Å². The highest BCUT2D eigenvalue weighted by Crippen LogP contribution is 2.28. The third-order valence-corrected chi connectivity index (χ3v) is 3.45. The fraction of sp³-hybridized carbons (Fsp3) is 0. The van der Waals surface area contributed by atoms with Crippen molar-refractivity contribution in [1.82, 2.24) is 4.98 Å². The summed E-state index contributed by atoms with van der Waals surface area (Å²) in [4.78, 5) is 27.1. The summed E-state index contributed by atoms with van der Waals surface area (Å²) in [6, 6.07) is 13.0. The van der Waals surface area contributed by atoms with Gasteiger partial charge in [-0.2, -0.15) is 0 Å². The molecule has 3 aromatic rings. The van der Waals surface area contributed by atoms with E-state index in [0.717, 1.165) is 0 Å². The Morgan fingerprint density at radius 3 is 2.52 bits per heavy atom. The first-order valence-electron chi connectivity index (χ1n) is 6.22. The molecule has 2 N–H and O–H groups in total. The summed E-state index contributed by atoms with van der Waals surface area (Å²) < 4.78 is 0. The minimum absolute atomic E-state index is 0.282. The fourth-order valence-corrected chi connectivity index (χ4v) is 2.37. The predicted molar refractivity (Wildman–Crippen MR) is 81.1 cm³/mol. The van der Waals surface area contributed by atoms with Crippen molar-refractivity contribution in [3.8, 4) is 5.75 Å². The first-order chi connectivity index (χ1) is 10.1. The maximum Gasteiger partial charge on any atom is 0.263 e. The van der Waals surface area contributed by atoms with Crippen LogP contribution in [-0.4, -0.2) is 15.9 Å². The maximum atomic E-state index is 12.4. The van der Waals surface area contributed by atoms with E-state index < -0.39 is 11.3 Å². The predicted octanol–water partition coefficient (Wildman–Crippen LogP) is 3.12. The normalized spacial score (nSPS) is 10.7. The number of rotatable bonds is 2. The smallest absolute Gasteiger partial charge is 0.263 e. The minimum Gasteiger partial charge on any atom is -0.506 e. The van der Waals surface area contributed by atoms with Gasteiger partial charge in [-0.3, -0.25) is 9.59 Å². The van der Waals surface area contributed by atoms with E-state index in [9.17, 15) is 14.7 Å². The third kappa shape index (κ3) is 2.30. The molecule has 0 fully saturated rings. The Labute approximate surface area is 124 Å². The van der Waals surface area contributed by atoms with Gasteiger partial charge in [-0.15, -0.1) is 0 Å². The largest absolute Gasteiger partial charge is 0.506 e. The highest BCUT2D eigenvalue weighted by atomic mass is 35.5. The van der Waals surface area contributed by atoms with E-state index in [1.54, 1.807) is 42.5 Å². The molecule has 0 aliphatic carbocycles. The molecule has 0 bridgehead atoms. The van der Waals surface area contributed by atoms with E-state index in [2.05, 4.69) is 4.98 Å². The molecule has 1 aromatic heterocycles. The lowest BCUT2D eigenvalue weighted by atomic mass is 10.0. The van der Waals surface area contributed by atoms with Crippen LogP contribution in [0.2, 0.25) is 5.02 Å². The van der Waals surface area contributed by atoms with Crippen LogP contribution in [0.4, 0.5) is 0 Å². The molecule has 4 nitrogen and oxygen atoms in total. The Bertz CT molecular complexity index is 901. The number of hydrogen-bond acceptors (Lipinski definition) is 3. The number of aromatic nitrogens is 1. The molecule has 5 heteroatoms. The van der Waals surface area contributed by atoms with Gasteiger partial charge in [-0.1, -0.05) is 41.9 Å². The molecule has 0 aliphatic heterocycles. The second-order valence-electron chi connectivity index (χ2n) is 4.56. The van der Waals surface area contributed by atoms with Crippen molar-refractivity contribution in [1.29, 1.82) is 0 Å². The molecule has 1 heterocycles. The number of H-pyrrole nitrogens is 1. The number of carbonyl (C=O) groups excluding carboxylic acids is 1. The lowest BCUT2D eigenvalue weighted by Gasteiger charge is -2.07. The van der Waals surface area contributed by atoms with Crippen molar-refractivity contribution in [3.63, 3.8) is 0 Å². The van der Waals surface area contributed by atoms with Gasteiger partial charge in [0.15, 0.2) is 0 Å². The van der Waals surface area contributed by atoms with Gasteiger partial charge in [-0.05, 0) is 18.2 Å². The SMILES string of the molecule is O=C(c1ccccc1)c1c(O)c2cc(Cl)ccc2[nH]c1=O. The summed E-state index contributed by atoms with van der Waals surface area (Å²) in [5.41, 5.74) is -0.154. The molecule has 2 aromatic carbocycles. The van der Waals surface area contributed by atoms with Gasteiger partial charge < -0.3 is 10.1 Å². The van der Waals surface area contributed by atoms with E-state index in [1.807, 2.05) is 0 Å². The highest BCUT2D eigenvalue weighted by Gasteiger charge is 2.20. The standard InChI is InChI=1S/C16H10ClNO3/c17-10-6-7-12-11(8-10)15(20)13(16(21)18-12)14(19)9-4-2-1-3-5-9/h1-8H,(H2,18,20,21). The summed E-state index contributed by atoms with van der Waals surface area (Å²) in [5, 5.41) is 11.0. The number of halogens is 1. The monoisotopic (exact) mass is 299 g/mol. The zero-order valence-corrected chi connectivity index (χ0v) is 11.5. The Morgan fingerprint density at radius 2 is 1.81 bits per heavy atom. The summed E-state index contributed by atoms with van der Waals surface area (Å²) in [6.07, 6.45) is 0. The first-order valence-corrected chi connectivity index (χ1v) is 6.60. The van der Waals surface area contributed by atoms with E-state index in [-0.39, 0.29) is 11.3 Å². The first kappa shape index (κ1) is 13.4. The summed E-state index contributed by atoms with van der Waals surface area (Å²) in [6.45, 7) is 0. The van der Waals surface area contributed by atoms with Gasteiger partial charge in [0.1, 0.15) is 11.3 Å². The average Bonchev–Trinajstić information content (AvgIpc) is 2.49. The van der Waals surface area contributed by atoms with Crippen LogP contribution in [0.25, 0.3) is 10.9 Å². The molecule has 104 valence electrons. The molecular weight excluding hydrogens is 290 g/mol. The van der Waals surface area contributed by atoms with Crippen molar-refractivity contribution in [3.05, 3.63) is 75.0 Å². The Balaban J connectivity index is 2.28. The summed E-state index contributed by atoms with van der Waals surface area (Å²) in [5.74, 6) is -0.888. The van der Waals surface area contributed by atoms with Crippen LogP contribution >= 0.6 is 11.6 Å². The Kier molecular flexibility index (Phi) is 3.23. The zero-order valence-electron chi connectivity index (χ0n) is 10.8. The van der Waals surface area contributed by atoms with Gasteiger partial charge in [0, 0.05) is 16.0 Å². The summed E-state index contributed by atoms with van der Waals surface area (Å²) >= 11 is 5.89. The summed E-state index contributed by atoms with van der Waals surface area (Å²) in [7, 11) is 0. The number of benzene rings is 2. The van der Waals surface area contributed by atoms with Crippen molar-refractivity contribution in [2.75, 3.05) is 0 Å². The quantitative estimate of drug-likeness (QED) is 0.714. The number of nitrogens with one attached hydrogen (secondary N) is 1. The maximum absolute atomic E-state index is 12.4. The van der Waals surface area contributed by atoms with Gasteiger partial charge in [0.2, 0.25) is 5.78 Å². The van der Waals surface area contributed by atoms with Crippen molar-refractivity contribution < 1.29 is 9.90 Å². The van der Waals surface area contributed by atoms with Crippen molar-refractivity contribution in [2.24, 2.45) is 0 Å². The topological polar surface area (TPSA) is 70.2 Å². The Hall–Kier alpha value is -2.59. The molecule has 3 rings (SSSR count). The number of hydrogen-bond donors (Lipinski definition) is 2. The lowest BCUT2D eigenvalue weighted by Crippen LogP contribution is -2.18. The molecule has 21 heavy (non-hydrogen) atoms. The molecule has 0 spiro atoms. The molecule has 0 saturated heterocycles. The molecular formula is C16H10ClNO3. The number of ketones is 1. The van der Waals surface area contributed by atoms with Crippen LogP contribution in [0.3, 0.4) is 0 Å². The van der Waals surface area contributed by atoms with Crippen LogP contribution in [0.15, 0.2) is 53.3 Å². The molecule has 0 amide bonds. The number of aromatic amines is 1. The fourth-order valence-electron chi connectivity index (χ4n) is 2.19. The van der Waals surface area contributed by atoms with E-state index in [1.165, 1.54) is 6.07 Å². The number of pyridine rings is 1. The second kappa shape index (κ2) is 5.07. The van der Waals surface area contributed by atoms with E-state index in [0.29, 0.717) is 21.5 Å². The number of aromatic hydroxyl groups is 1. The highest BCUT2D eigenvalue weighted by molar-refractivity contribution is 6.31. The van der Waals surface area contributed by atoms with Crippen LogP contribution in [0.5, 0.6) is 5.75 Å². The average molecular weight is 300 g/mol. The molecule has 0 aliphatic rings. The Morgan fingerprint density at radius 1 is 1.10 bits per heavy atom. The van der Waals surface area contributed by atoms with Crippen molar-refractivity contribution >= 4 is 28.3 Å². The second-order valence-corrected chi connectivity index (χ2v) is 5.00. The molecule has 0 saturated carbocycles. The van der Waals surface area contributed by atoms with Gasteiger partial charge in [0.25, 0.3) is 5.56 Å². The lowest BCUT2D eigenvalue weighted by molar-refractivity contribution is 0.103. The third-order valence-electron chi connectivity index (χ3n) is 3.21. The number of fused-ring (bicyclic) bond motifs is 1. The molecule has 0 unspecified atom stereocenters. The van der Waals surface area contributed by atoms with Crippen molar-refractivity contribution in [2.45, 2.75) is 0 Å².